The standard InChI is InChI=1S/C33H29F3N2O/c34-28-13-6-4-11-25(28)20-38(26-18-23-9-1-2-10-24(23)19-26)31(39)21-37-17-16-22-8-3-5-12-27(22)33(37)32-29(35)14-7-15-30(32)36/h1-15,26,33H,16-21H2. The van der Waals surface area contributed by atoms with Crippen LogP contribution in [0.25, 0.3) is 0 Å². The van der Waals surface area contributed by atoms with E-state index in [9.17, 15) is 9.18 Å². The van der Waals surface area contributed by atoms with Gasteiger partial charge in [-0.15, -0.1) is 0 Å². The van der Waals surface area contributed by atoms with Gasteiger partial charge in [0.2, 0.25) is 5.91 Å². The minimum Gasteiger partial charge on any atom is -0.333 e. The molecule has 0 aromatic heterocycles. The van der Waals surface area contributed by atoms with E-state index < -0.39 is 17.7 Å². The van der Waals surface area contributed by atoms with Gasteiger partial charge in [0, 0.05) is 30.3 Å². The Morgan fingerprint density at radius 1 is 0.744 bits per heavy atom. The molecule has 1 aliphatic heterocycles. The summed E-state index contributed by atoms with van der Waals surface area (Å²) in [6.07, 6.45) is 2.04. The fourth-order valence-corrected chi connectivity index (χ4v) is 6.15. The van der Waals surface area contributed by atoms with E-state index in [0.717, 1.165) is 11.1 Å². The van der Waals surface area contributed by atoms with Crippen LogP contribution in [0, 0.1) is 17.5 Å². The highest BCUT2D eigenvalue weighted by atomic mass is 19.1. The van der Waals surface area contributed by atoms with Crippen LogP contribution < -0.4 is 0 Å². The predicted molar refractivity (Wildman–Crippen MR) is 145 cm³/mol. The highest BCUT2D eigenvalue weighted by molar-refractivity contribution is 5.79. The van der Waals surface area contributed by atoms with Gasteiger partial charge in [0.05, 0.1) is 12.6 Å². The first-order valence-corrected chi connectivity index (χ1v) is 13.3. The van der Waals surface area contributed by atoms with E-state index in [0.29, 0.717) is 31.4 Å². The van der Waals surface area contributed by atoms with Crippen LogP contribution in [0.4, 0.5) is 13.2 Å². The monoisotopic (exact) mass is 526 g/mol. The number of halogens is 3. The lowest BCUT2D eigenvalue weighted by atomic mass is 9.87. The lowest BCUT2D eigenvalue weighted by Gasteiger charge is -2.39. The van der Waals surface area contributed by atoms with Crippen molar-refractivity contribution in [3.63, 3.8) is 0 Å². The molecule has 1 unspecified atom stereocenters. The van der Waals surface area contributed by atoms with Gasteiger partial charge in [0.15, 0.2) is 0 Å². The van der Waals surface area contributed by atoms with Gasteiger partial charge in [-0.2, -0.15) is 0 Å². The normalized spacial score (nSPS) is 17.1. The van der Waals surface area contributed by atoms with Gasteiger partial charge in [-0.1, -0.05) is 72.8 Å². The smallest absolute Gasteiger partial charge is 0.237 e. The molecule has 4 aromatic rings. The molecule has 6 heteroatoms. The van der Waals surface area contributed by atoms with E-state index in [-0.39, 0.29) is 36.4 Å². The quantitative estimate of drug-likeness (QED) is 0.297. The molecule has 1 aliphatic carbocycles. The fraction of sp³-hybridized carbons (Fsp3) is 0.242. The first-order valence-electron chi connectivity index (χ1n) is 13.3. The highest BCUT2D eigenvalue weighted by Gasteiger charge is 2.36. The Labute approximate surface area is 226 Å². The Morgan fingerprint density at radius 3 is 2.03 bits per heavy atom. The van der Waals surface area contributed by atoms with Crippen molar-refractivity contribution in [3.05, 3.63) is 142 Å². The van der Waals surface area contributed by atoms with Crippen molar-refractivity contribution in [2.75, 3.05) is 13.1 Å². The van der Waals surface area contributed by atoms with Crippen LogP contribution in [-0.4, -0.2) is 34.8 Å². The van der Waals surface area contributed by atoms with Crippen LogP contribution in [0.1, 0.15) is 39.4 Å². The Hall–Kier alpha value is -3.90. The molecule has 0 fully saturated rings. The molecule has 39 heavy (non-hydrogen) atoms. The van der Waals surface area contributed by atoms with Crippen molar-refractivity contribution < 1.29 is 18.0 Å². The summed E-state index contributed by atoms with van der Waals surface area (Å²) in [6, 6.07) is 25.3. The van der Waals surface area contributed by atoms with E-state index in [1.165, 1.54) is 35.4 Å². The second kappa shape index (κ2) is 10.7. The van der Waals surface area contributed by atoms with Gasteiger partial charge >= 0.3 is 0 Å². The van der Waals surface area contributed by atoms with E-state index in [4.69, 9.17) is 0 Å². The van der Waals surface area contributed by atoms with Gasteiger partial charge in [0.25, 0.3) is 0 Å². The third-order valence-electron chi connectivity index (χ3n) is 8.08. The Kier molecular flexibility index (Phi) is 6.96. The molecule has 0 saturated heterocycles. The van der Waals surface area contributed by atoms with E-state index in [1.807, 2.05) is 41.3 Å². The molecule has 1 heterocycles. The van der Waals surface area contributed by atoms with Gasteiger partial charge in [-0.3, -0.25) is 9.69 Å². The first-order chi connectivity index (χ1) is 19.0. The zero-order valence-electron chi connectivity index (χ0n) is 21.5. The highest BCUT2D eigenvalue weighted by Crippen LogP contribution is 2.38. The largest absolute Gasteiger partial charge is 0.333 e. The molecule has 1 amide bonds. The number of amides is 1. The number of rotatable bonds is 6. The molecule has 0 N–H and O–H groups in total. The van der Waals surface area contributed by atoms with Crippen molar-refractivity contribution in [1.29, 1.82) is 0 Å². The van der Waals surface area contributed by atoms with Crippen molar-refractivity contribution >= 4 is 5.91 Å². The van der Waals surface area contributed by atoms with Crippen LogP contribution in [0.5, 0.6) is 0 Å². The Morgan fingerprint density at radius 2 is 1.33 bits per heavy atom. The summed E-state index contributed by atoms with van der Waals surface area (Å²) in [6.45, 7) is 0.570. The molecule has 0 spiro atoms. The number of carbonyl (C=O) groups is 1. The summed E-state index contributed by atoms with van der Waals surface area (Å²) in [7, 11) is 0. The summed E-state index contributed by atoms with van der Waals surface area (Å²) >= 11 is 0. The van der Waals surface area contributed by atoms with Crippen molar-refractivity contribution in [1.82, 2.24) is 9.80 Å². The topological polar surface area (TPSA) is 23.6 Å². The second-order valence-corrected chi connectivity index (χ2v) is 10.4. The minimum absolute atomic E-state index is 0.0337. The van der Waals surface area contributed by atoms with Crippen molar-refractivity contribution in [2.45, 2.75) is 37.9 Å². The SMILES string of the molecule is O=C(CN1CCc2ccccc2C1c1c(F)cccc1F)N(Cc1ccccc1F)C1Cc2ccccc2C1. The number of benzene rings is 4. The van der Waals surface area contributed by atoms with E-state index in [2.05, 4.69) is 12.1 Å². The maximum absolute atomic E-state index is 15.1. The number of hydrogen-bond donors (Lipinski definition) is 0. The fourth-order valence-electron chi connectivity index (χ4n) is 6.15. The summed E-state index contributed by atoms with van der Waals surface area (Å²) in [5, 5.41) is 0. The maximum atomic E-state index is 15.1. The molecule has 3 nitrogen and oxygen atoms in total. The van der Waals surface area contributed by atoms with E-state index >= 15 is 8.78 Å². The lowest BCUT2D eigenvalue weighted by Crippen LogP contribution is -2.48. The molecular weight excluding hydrogens is 497 g/mol. The van der Waals surface area contributed by atoms with E-state index in [1.54, 1.807) is 23.1 Å². The van der Waals surface area contributed by atoms with Crippen LogP contribution in [0.3, 0.4) is 0 Å². The van der Waals surface area contributed by atoms with Crippen molar-refractivity contribution in [3.8, 4) is 0 Å². The van der Waals surface area contributed by atoms with Gasteiger partial charge < -0.3 is 4.90 Å². The zero-order valence-corrected chi connectivity index (χ0v) is 21.5. The van der Waals surface area contributed by atoms with Crippen LogP contribution in [0.2, 0.25) is 0 Å². The second-order valence-electron chi connectivity index (χ2n) is 10.4. The van der Waals surface area contributed by atoms with Gasteiger partial charge in [0.1, 0.15) is 17.5 Å². The van der Waals surface area contributed by atoms with Crippen LogP contribution >= 0.6 is 0 Å². The summed E-state index contributed by atoms with van der Waals surface area (Å²) in [5.41, 5.74) is 4.59. The molecule has 1 atom stereocenters. The summed E-state index contributed by atoms with van der Waals surface area (Å²) < 4.78 is 45.0. The molecule has 0 bridgehead atoms. The summed E-state index contributed by atoms with van der Waals surface area (Å²) in [4.78, 5) is 17.7. The van der Waals surface area contributed by atoms with Gasteiger partial charge in [-0.25, -0.2) is 13.2 Å². The van der Waals surface area contributed by atoms with Gasteiger partial charge in [-0.05, 0) is 59.7 Å². The average molecular weight is 527 g/mol. The molecular formula is C33H29F3N2O. The molecule has 2 aliphatic rings. The molecule has 6 rings (SSSR count). The molecule has 0 radical (unpaired) electrons. The van der Waals surface area contributed by atoms with Crippen molar-refractivity contribution in [2.24, 2.45) is 0 Å². The molecule has 0 saturated carbocycles. The summed E-state index contributed by atoms with van der Waals surface area (Å²) in [5.74, 6) is -1.81. The maximum Gasteiger partial charge on any atom is 0.237 e. The Bertz CT molecular complexity index is 1480. The third kappa shape index (κ3) is 4.97. The molecule has 4 aromatic carbocycles. The van der Waals surface area contributed by atoms with Crippen LogP contribution in [0.15, 0.2) is 91.0 Å². The number of carbonyl (C=O) groups excluding carboxylic acids is 1. The number of hydrogen-bond acceptors (Lipinski definition) is 2. The molecule has 198 valence electrons. The minimum atomic E-state index is -0.740. The van der Waals surface area contributed by atoms with Crippen LogP contribution in [-0.2, 0) is 30.6 Å². The first kappa shape index (κ1) is 25.4. The lowest BCUT2D eigenvalue weighted by molar-refractivity contribution is -0.136. The third-order valence-corrected chi connectivity index (χ3v) is 8.08. The number of nitrogens with zero attached hydrogens (tertiary/aromatic N) is 2. The Balaban J connectivity index is 1.34. The predicted octanol–water partition coefficient (Wildman–Crippen LogP) is 6.25. The zero-order chi connectivity index (χ0) is 26.9. The average Bonchev–Trinajstić information content (AvgIpc) is 3.37. The number of fused-ring (bicyclic) bond motifs is 2.